The van der Waals surface area contributed by atoms with Crippen LogP contribution in [0.2, 0.25) is 0 Å². The van der Waals surface area contributed by atoms with Gasteiger partial charge in [0.25, 0.3) is 11.6 Å². The Morgan fingerprint density at radius 2 is 1.00 bits per heavy atom. The first-order chi connectivity index (χ1) is 19.5. The van der Waals surface area contributed by atoms with E-state index in [2.05, 4.69) is 49.3 Å². The molecule has 0 saturated carbocycles. The third-order valence-corrected chi connectivity index (χ3v) is 5.24. The highest BCUT2D eigenvalue weighted by molar-refractivity contribution is 5.91. The molecule has 3 heterocycles. The zero-order chi connectivity index (χ0) is 28.8. The summed E-state index contributed by atoms with van der Waals surface area (Å²) in [5.74, 6) is -1.61. The lowest BCUT2D eigenvalue weighted by atomic mass is 10.0. The molecule has 40 heavy (non-hydrogen) atoms. The quantitative estimate of drug-likeness (QED) is 0.359. The second-order valence-electron chi connectivity index (χ2n) is 7.19. The molecule has 0 bridgehead atoms. The number of nitrogens with zero attached hydrogens (tertiary/aromatic N) is 14. The average Bonchev–Trinajstić information content (AvgIpc) is 3.01. The summed E-state index contributed by atoms with van der Waals surface area (Å²) < 4.78 is 0. The lowest BCUT2D eigenvalue weighted by Gasteiger charge is -2.08. The van der Waals surface area contributed by atoms with Crippen LogP contribution in [0.4, 0.5) is 11.6 Å². The highest BCUT2D eigenvalue weighted by atomic mass is 15.0. The number of hydrogen-bond donors (Lipinski definition) is 0. The zero-order valence-corrected chi connectivity index (χ0v) is 19.6. The van der Waals surface area contributed by atoms with Gasteiger partial charge in [-0.3, -0.25) is 9.97 Å². The molecule has 0 spiro atoms. The fourth-order valence-electron chi connectivity index (χ4n) is 3.70. The number of benzene rings is 1. The molecular weight excluding hydrogens is 508 g/mol. The van der Waals surface area contributed by atoms with Gasteiger partial charge in [-0.15, -0.1) is 0 Å². The Kier molecular flexibility index (Phi) is 6.72. The topological polar surface area (TPSA) is 190 Å². The van der Waals surface area contributed by atoms with Crippen LogP contribution in [-0.2, 0) is 0 Å². The van der Waals surface area contributed by atoms with E-state index in [-0.39, 0.29) is 55.4 Å². The van der Waals surface area contributed by atoms with Gasteiger partial charge in [0.1, 0.15) is 23.5 Å². The molecule has 0 unspecified atom stereocenters. The molecule has 0 aliphatic heterocycles. The summed E-state index contributed by atoms with van der Waals surface area (Å²) in [6.45, 7) is 30.7. The first-order valence-corrected chi connectivity index (χ1v) is 10.4. The molecule has 0 radical (unpaired) electrons. The molecule has 4 aromatic rings. The van der Waals surface area contributed by atoms with E-state index in [1.807, 2.05) is 0 Å². The van der Waals surface area contributed by atoms with Gasteiger partial charge in [-0.2, -0.15) is 31.0 Å². The molecule has 1 aromatic carbocycles. The van der Waals surface area contributed by atoms with E-state index in [1.54, 1.807) is 24.3 Å². The van der Waals surface area contributed by atoms with Gasteiger partial charge < -0.3 is 9.69 Å². The van der Waals surface area contributed by atoms with Crippen LogP contribution in [0.1, 0.15) is 34.2 Å². The third-order valence-electron chi connectivity index (χ3n) is 5.24. The van der Waals surface area contributed by atoms with Crippen molar-refractivity contribution < 1.29 is 0 Å². The first kappa shape index (κ1) is 25.5. The number of hydrogen-bond acceptors (Lipinski definition) is 10. The van der Waals surface area contributed by atoms with E-state index < -0.39 is 23.3 Å². The summed E-state index contributed by atoms with van der Waals surface area (Å²) >= 11 is 0. The molecule has 0 fully saturated rings. The van der Waals surface area contributed by atoms with E-state index in [0.717, 1.165) is 0 Å². The second-order valence-corrected chi connectivity index (χ2v) is 7.19. The van der Waals surface area contributed by atoms with Crippen molar-refractivity contribution in [2.24, 2.45) is 0 Å². The molecular formula is C26H4N14. The minimum absolute atomic E-state index is 0.0776. The van der Waals surface area contributed by atoms with Crippen LogP contribution >= 0.6 is 0 Å². The summed E-state index contributed by atoms with van der Waals surface area (Å²) in [5.41, 5.74) is -1.44. The van der Waals surface area contributed by atoms with Crippen molar-refractivity contribution in [1.82, 2.24) is 29.9 Å². The predicted octanol–water partition coefficient (Wildman–Crippen LogP) is 1.95. The van der Waals surface area contributed by atoms with Crippen LogP contribution in [-0.4, -0.2) is 29.9 Å². The van der Waals surface area contributed by atoms with Gasteiger partial charge in [-0.1, -0.05) is 35.2 Å². The summed E-state index contributed by atoms with van der Waals surface area (Å²) in [6, 6.07) is 9.70. The normalized spacial score (nSPS) is 11.1. The summed E-state index contributed by atoms with van der Waals surface area (Å²) in [4.78, 5) is 37.5. The Morgan fingerprint density at radius 1 is 0.600 bits per heavy atom. The van der Waals surface area contributed by atoms with E-state index in [9.17, 15) is 10.5 Å². The Morgan fingerprint density at radius 3 is 1.30 bits per heavy atom. The van der Waals surface area contributed by atoms with Crippen LogP contribution in [0, 0.1) is 71.6 Å². The molecule has 3 aromatic heterocycles. The van der Waals surface area contributed by atoms with Gasteiger partial charge in [0, 0.05) is 34.0 Å². The van der Waals surface area contributed by atoms with Crippen molar-refractivity contribution >= 4 is 34.1 Å². The van der Waals surface area contributed by atoms with E-state index in [4.69, 9.17) is 36.8 Å². The van der Waals surface area contributed by atoms with Crippen LogP contribution in [0.5, 0.6) is 0 Å². The first-order valence-electron chi connectivity index (χ1n) is 10.4. The van der Waals surface area contributed by atoms with Gasteiger partial charge in [0.15, 0.2) is 23.5 Å². The Hall–Kier alpha value is -7.62. The molecule has 14 nitrogen and oxygen atoms in total. The lowest BCUT2D eigenvalue weighted by Crippen LogP contribution is -2.19. The van der Waals surface area contributed by atoms with Crippen molar-refractivity contribution in [3.05, 3.63) is 115 Å². The maximum Gasteiger partial charge on any atom is 0.326 e. The van der Waals surface area contributed by atoms with Crippen molar-refractivity contribution in [3.63, 3.8) is 0 Å². The molecule has 0 saturated heterocycles. The minimum Gasteiger partial charge on any atom is -0.361 e. The number of fused-ring (bicyclic) bond motifs is 1. The number of nitriles is 4. The standard InChI is InChI=1S/C26H4N14/c1-31-21(19-15(9-27)37-17(11-29)39-25(19)33-3)13-5-6-14(24-23(13)35-7-8-36-24)22(32-2)20-16(10-28)38-18(12-30)40-26(20)34-4/h5-8H/b21-13-,22-14-. The smallest absolute Gasteiger partial charge is 0.326 e. The molecule has 4 rings (SSSR count). The fraction of sp³-hybridized carbons (Fsp3) is 0. The second kappa shape index (κ2) is 10.6. The van der Waals surface area contributed by atoms with Crippen LogP contribution in [0.15, 0.2) is 24.5 Å². The summed E-state index contributed by atoms with van der Waals surface area (Å²) in [7, 11) is 0. The Labute approximate surface area is 224 Å². The third kappa shape index (κ3) is 4.06. The predicted molar refractivity (Wildman–Crippen MR) is 132 cm³/mol. The molecule has 0 aliphatic rings. The van der Waals surface area contributed by atoms with Crippen molar-refractivity contribution in [2.75, 3.05) is 0 Å². The van der Waals surface area contributed by atoms with Gasteiger partial charge >= 0.3 is 11.6 Å². The summed E-state index contributed by atoms with van der Waals surface area (Å²) in [5, 5.41) is 37.9. The molecule has 0 aliphatic carbocycles. The molecule has 178 valence electrons. The fourth-order valence-corrected chi connectivity index (χ4v) is 3.70. The van der Waals surface area contributed by atoms with Crippen LogP contribution in [0.3, 0.4) is 0 Å². The Bertz CT molecular complexity index is 2030. The Balaban J connectivity index is 2.26. The van der Waals surface area contributed by atoms with E-state index in [1.165, 1.54) is 24.5 Å². The number of rotatable bonds is 2. The van der Waals surface area contributed by atoms with Gasteiger partial charge in [-0.05, 0) is 0 Å². The summed E-state index contributed by atoms with van der Waals surface area (Å²) in [6.07, 6.45) is 2.64. The molecule has 0 atom stereocenters. The zero-order valence-electron chi connectivity index (χ0n) is 19.6. The monoisotopic (exact) mass is 512 g/mol. The largest absolute Gasteiger partial charge is 0.361 e. The SMILES string of the molecule is [C-]#[N+]/C(c1c(C#N)nc(C#N)nc1[N+]#[C-])=c1/cc/c(=C(/[N+]#[C-])c2c(C#N)nc(C#N)nc2[N+]#[C-])c2nccnc12. The van der Waals surface area contributed by atoms with Gasteiger partial charge in [0.05, 0.1) is 24.2 Å². The number of aromatic nitrogens is 6. The highest BCUT2D eigenvalue weighted by Crippen LogP contribution is 2.29. The average molecular weight is 512 g/mol. The molecule has 14 heteroatoms. The minimum atomic E-state index is -0.416. The molecule has 0 N–H and O–H groups in total. The maximum atomic E-state index is 9.66. The maximum absolute atomic E-state index is 9.66. The van der Waals surface area contributed by atoms with Gasteiger partial charge in [0.2, 0.25) is 0 Å². The van der Waals surface area contributed by atoms with Crippen molar-refractivity contribution in [2.45, 2.75) is 0 Å². The van der Waals surface area contributed by atoms with Crippen LogP contribution in [0.25, 0.3) is 41.8 Å². The van der Waals surface area contributed by atoms with E-state index >= 15 is 0 Å². The highest BCUT2D eigenvalue weighted by Gasteiger charge is 2.24. The van der Waals surface area contributed by atoms with Crippen LogP contribution < -0.4 is 10.4 Å². The van der Waals surface area contributed by atoms with Gasteiger partial charge in [-0.25, -0.2) is 9.69 Å². The molecule has 0 amide bonds. The van der Waals surface area contributed by atoms with Crippen molar-refractivity contribution in [3.8, 4) is 24.3 Å². The lowest BCUT2D eigenvalue weighted by molar-refractivity contribution is 1.09. The van der Waals surface area contributed by atoms with E-state index in [0.29, 0.717) is 0 Å². The van der Waals surface area contributed by atoms with Crippen molar-refractivity contribution in [1.29, 1.82) is 21.0 Å².